The Morgan fingerprint density at radius 1 is 1.20 bits per heavy atom. The molecule has 2 rings (SSSR count). The Balaban J connectivity index is 2.32. The molecule has 2 aromatic rings. The highest BCUT2D eigenvalue weighted by Gasteiger charge is 2.33. The van der Waals surface area contributed by atoms with E-state index >= 15 is 0 Å². The molecule has 2 aromatic carbocycles. The highest BCUT2D eigenvalue weighted by molar-refractivity contribution is 7.89. The third kappa shape index (κ3) is 4.37. The number of rotatable bonds is 7. The number of aryl methyl sites for hydroxylation is 1. The van der Waals surface area contributed by atoms with Crippen molar-refractivity contribution >= 4 is 16.0 Å². The lowest BCUT2D eigenvalue weighted by Crippen LogP contribution is -2.43. The second-order valence-corrected chi connectivity index (χ2v) is 7.74. The van der Waals surface area contributed by atoms with E-state index in [9.17, 15) is 18.3 Å². The lowest BCUT2D eigenvalue weighted by molar-refractivity contribution is -0.141. The van der Waals surface area contributed by atoms with Crippen LogP contribution in [-0.2, 0) is 21.2 Å². The van der Waals surface area contributed by atoms with Crippen LogP contribution in [0.3, 0.4) is 0 Å². The summed E-state index contributed by atoms with van der Waals surface area (Å²) >= 11 is 0. The molecule has 0 bridgehead atoms. The zero-order valence-electron chi connectivity index (χ0n) is 14.3. The maximum Gasteiger partial charge on any atom is 0.322 e. The lowest BCUT2D eigenvalue weighted by atomic mass is 10.1. The van der Waals surface area contributed by atoms with Crippen LogP contribution in [0.1, 0.15) is 11.1 Å². The largest absolute Gasteiger partial charge is 0.497 e. The summed E-state index contributed by atoms with van der Waals surface area (Å²) in [6.45, 7) is 1.85. The Bertz CT molecular complexity index is 846. The summed E-state index contributed by atoms with van der Waals surface area (Å²) in [7, 11) is -1.11. The van der Waals surface area contributed by atoms with Gasteiger partial charge in [-0.1, -0.05) is 29.8 Å². The fraction of sp³-hybridized carbons (Fsp3) is 0.278. The van der Waals surface area contributed by atoms with Gasteiger partial charge in [-0.05, 0) is 43.2 Å². The summed E-state index contributed by atoms with van der Waals surface area (Å²) < 4.78 is 31.5. The van der Waals surface area contributed by atoms with Gasteiger partial charge in [0.05, 0.1) is 12.0 Å². The van der Waals surface area contributed by atoms with Gasteiger partial charge in [-0.15, -0.1) is 0 Å². The topological polar surface area (TPSA) is 83.9 Å². The van der Waals surface area contributed by atoms with Crippen molar-refractivity contribution in [1.82, 2.24) is 4.31 Å². The molecule has 0 saturated heterocycles. The van der Waals surface area contributed by atoms with Gasteiger partial charge in [0.1, 0.15) is 11.8 Å². The number of nitrogens with zero attached hydrogens (tertiary/aromatic N) is 1. The quantitative estimate of drug-likeness (QED) is 0.816. The van der Waals surface area contributed by atoms with Gasteiger partial charge in [0.15, 0.2) is 0 Å². The van der Waals surface area contributed by atoms with Crippen molar-refractivity contribution in [2.75, 3.05) is 14.2 Å². The minimum atomic E-state index is -3.91. The van der Waals surface area contributed by atoms with Gasteiger partial charge < -0.3 is 9.84 Å². The average molecular weight is 363 g/mol. The Kier molecular flexibility index (Phi) is 5.81. The summed E-state index contributed by atoms with van der Waals surface area (Å²) in [5.74, 6) is -0.619. The number of carboxylic acids is 1. The van der Waals surface area contributed by atoms with Gasteiger partial charge >= 0.3 is 5.97 Å². The molecule has 1 unspecified atom stereocenters. The van der Waals surface area contributed by atoms with Crippen molar-refractivity contribution in [2.24, 2.45) is 0 Å². The summed E-state index contributed by atoms with van der Waals surface area (Å²) in [6.07, 6.45) is 0.0358. The van der Waals surface area contributed by atoms with Crippen molar-refractivity contribution in [3.63, 3.8) is 0 Å². The van der Waals surface area contributed by atoms with Crippen molar-refractivity contribution in [3.05, 3.63) is 59.7 Å². The van der Waals surface area contributed by atoms with E-state index in [1.807, 2.05) is 6.92 Å². The first-order valence-electron chi connectivity index (χ1n) is 7.66. The molecule has 134 valence electrons. The molecule has 1 N–H and O–H groups in total. The van der Waals surface area contributed by atoms with Gasteiger partial charge in [-0.3, -0.25) is 4.79 Å². The van der Waals surface area contributed by atoms with E-state index in [0.29, 0.717) is 11.3 Å². The molecule has 0 aliphatic carbocycles. The molecule has 0 fully saturated rings. The third-order valence-corrected chi connectivity index (χ3v) is 5.87. The number of ether oxygens (including phenoxy) is 1. The number of methoxy groups -OCH3 is 1. The number of hydrogen-bond donors (Lipinski definition) is 1. The van der Waals surface area contributed by atoms with Crippen LogP contribution in [0.5, 0.6) is 5.75 Å². The average Bonchev–Trinajstić information content (AvgIpc) is 2.59. The summed E-state index contributed by atoms with van der Waals surface area (Å²) in [4.78, 5) is 11.8. The lowest BCUT2D eigenvalue weighted by Gasteiger charge is -2.24. The normalized spacial score (nSPS) is 12.8. The molecule has 6 nitrogen and oxygen atoms in total. The molecule has 0 aliphatic heterocycles. The van der Waals surface area contributed by atoms with Crippen molar-refractivity contribution in [1.29, 1.82) is 0 Å². The Labute approximate surface area is 147 Å². The van der Waals surface area contributed by atoms with Crippen molar-refractivity contribution < 1.29 is 23.1 Å². The van der Waals surface area contributed by atoms with Crippen LogP contribution in [0.15, 0.2) is 53.4 Å². The van der Waals surface area contributed by atoms with E-state index in [1.165, 1.54) is 26.3 Å². The molecule has 0 spiro atoms. The van der Waals surface area contributed by atoms with Gasteiger partial charge in [-0.2, -0.15) is 4.31 Å². The van der Waals surface area contributed by atoms with Crippen molar-refractivity contribution in [3.8, 4) is 5.75 Å². The van der Waals surface area contributed by atoms with E-state index in [0.717, 1.165) is 9.87 Å². The fourth-order valence-electron chi connectivity index (χ4n) is 2.44. The van der Waals surface area contributed by atoms with Crippen LogP contribution < -0.4 is 4.74 Å². The summed E-state index contributed by atoms with van der Waals surface area (Å²) in [6, 6.07) is 12.0. The molecule has 0 aromatic heterocycles. The van der Waals surface area contributed by atoms with Gasteiger partial charge in [0.2, 0.25) is 10.0 Å². The third-order valence-electron chi connectivity index (χ3n) is 3.99. The minimum Gasteiger partial charge on any atom is -0.497 e. The number of sulfonamides is 1. The van der Waals surface area contributed by atoms with Crippen LogP contribution in [0.25, 0.3) is 0 Å². The van der Waals surface area contributed by atoms with E-state index in [-0.39, 0.29) is 11.3 Å². The first kappa shape index (κ1) is 19.0. The molecule has 0 saturated carbocycles. The molecule has 25 heavy (non-hydrogen) atoms. The number of carbonyl (C=O) groups is 1. The van der Waals surface area contributed by atoms with Crippen LogP contribution in [0, 0.1) is 6.92 Å². The number of carboxylic acid groups (broad SMARTS) is 1. The monoisotopic (exact) mass is 363 g/mol. The van der Waals surface area contributed by atoms with Gasteiger partial charge in [0, 0.05) is 7.05 Å². The summed E-state index contributed by atoms with van der Waals surface area (Å²) in [5.41, 5.74) is 1.60. The maximum absolute atomic E-state index is 12.7. The zero-order chi connectivity index (χ0) is 18.6. The van der Waals surface area contributed by atoms with E-state index in [2.05, 4.69) is 0 Å². The Hall–Kier alpha value is -2.38. The highest BCUT2D eigenvalue weighted by atomic mass is 32.2. The van der Waals surface area contributed by atoms with Crippen LogP contribution in [0.2, 0.25) is 0 Å². The number of benzene rings is 2. The van der Waals surface area contributed by atoms with Gasteiger partial charge in [-0.25, -0.2) is 8.42 Å². The number of aliphatic carboxylic acids is 1. The van der Waals surface area contributed by atoms with E-state index < -0.39 is 22.0 Å². The Morgan fingerprint density at radius 2 is 1.84 bits per heavy atom. The molecule has 7 heteroatoms. The van der Waals surface area contributed by atoms with E-state index in [4.69, 9.17) is 4.74 Å². The molecule has 0 heterocycles. The number of hydrogen-bond acceptors (Lipinski definition) is 4. The molecule has 0 aliphatic rings. The molecular weight excluding hydrogens is 342 g/mol. The fourth-order valence-corrected chi connectivity index (χ4v) is 3.75. The first-order valence-corrected chi connectivity index (χ1v) is 9.10. The molecular formula is C18H21NO5S. The van der Waals surface area contributed by atoms with Crippen LogP contribution in [-0.4, -0.2) is 44.0 Å². The van der Waals surface area contributed by atoms with Gasteiger partial charge in [0.25, 0.3) is 0 Å². The SMILES string of the molecule is COc1cccc(CC(C(=O)O)N(C)S(=O)(=O)c2ccc(C)cc2)c1. The van der Waals surface area contributed by atoms with Crippen molar-refractivity contribution in [2.45, 2.75) is 24.3 Å². The first-order chi connectivity index (χ1) is 11.8. The maximum atomic E-state index is 12.7. The van der Waals surface area contributed by atoms with Crippen LogP contribution >= 0.6 is 0 Å². The molecule has 1 atom stereocenters. The second-order valence-electron chi connectivity index (χ2n) is 5.74. The smallest absolute Gasteiger partial charge is 0.322 e. The second kappa shape index (κ2) is 7.67. The van der Waals surface area contributed by atoms with E-state index in [1.54, 1.807) is 36.4 Å². The summed E-state index contributed by atoms with van der Waals surface area (Å²) in [5, 5.41) is 9.55. The Morgan fingerprint density at radius 3 is 2.40 bits per heavy atom. The standard InChI is InChI=1S/C18H21NO5S/c1-13-7-9-16(10-8-13)25(22,23)19(2)17(18(20)21)12-14-5-4-6-15(11-14)24-3/h4-11,17H,12H2,1-3H3,(H,20,21). The minimum absolute atomic E-state index is 0.0358. The highest BCUT2D eigenvalue weighted by Crippen LogP contribution is 2.21. The number of likely N-dealkylation sites (N-methyl/N-ethyl adjacent to an activating group) is 1. The zero-order valence-corrected chi connectivity index (χ0v) is 15.2. The predicted octanol–water partition coefficient (Wildman–Crippen LogP) is 2.32. The molecule has 0 amide bonds. The predicted molar refractivity (Wildman–Crippen MR) is 94.2 cm³/mol. The molecule has 0 radical (unpaired) electrons. The van der Waals surface area contributed by atoms with Crippen LogP contribution in [0.4, 0.5) is 0 Å².